The van der Waals surface area contributed by atoms with Crippen molar-refractivity contribution < 1.29 is 19.1 Å². The maximum absolute atomic E-state index is 13.5. The van der Waals surface area contributed by atoms with Crippen LogP contribution in [0.15, 0.2) is 24.3 Å². The molecule has 1 unspecified atom stereocenters. The number of carbonyl (C=O) groups is 3. The van der Waals surface area contributed by atoms with Gasteiger partial charge in [0.25, 0.3) is 0 Å². The van der Waals surface area contributed by atoms with Crippen LogP contribution in [0.3, 0.4) is 0 Å². The number of benzene rings is 1. The summed E-state index contributed by atoms with van der Waals surface area (Å²) in [6.07, 6.45) is 1.74. The minimum Gasteiger partial charge on any atom is -0.444 e. The normalized spacial score (nSPS) is 22.6. The minimum absolute atomic E-state index is 0.00350. The quantitative estimate of drug-likeness (QED) is 0.764. The molecule has 158 valence electrons. The molecule has 1 saturated heterocycles. The van der Waals surface area contributed by atoms with Crippen LogP contribution >= 0.6 is 0 Å². The van der Waals surface area contributed by atoms with E-state index in [0.717, 1.165) is 11.3 Å². The first-order chi connectivity index (χ1) is 13.6. The molecular formula is C23H32N2O4. The zero-order valence-corrected chi connectivity index (χ0v) is 18.2. The maximum atomic E-state index is 13.5. The smallest absolute Gasteiger partial charge is 0.410 e. The number of rotatable bonds is 4. The summed E-state index contributed by atoms with van der Waals surface area (Å²) >= 11 is 0. The third-order valence-electron chi connectivity index (χ3n) is 5.88. The van der Waals surface area contributed by atoms with Crippen molar-refractivity contribution in [3.63, 3.8) is 0 Å². The number of Topliss-reactive ketones (excluding diaryl/α,β-unsaturated/α-hetero) is 1. The second kappa shape index (κ2) is 7.81. The summed E-state index contributed by atoms with van der Waals surface area (Å²) in [5, 5.41) is 0. The molecule has 0 N–H and O–H groups in total. The molecular weight excluding hydrogens is 368 g/mol. The summed E-state index contributed by atoms with van der Waals surface area (Å²) in [4.78, 5) is 41.7. The molecule has 1 aromatic rings. The largest absolute Gasteiger partial charge is 0.444 e. The van der Waals surface area contributed by atoms with E-state index in [1.54, 1.807) is 4.90 Å². The molecule has 0 bridgehead atoms. The maximum Gasteiger partial charge on any atom is 0.410 e. The molecule has 0 aromatic heterocycles. The lowest BCUT2D eigenvalue weighted by Crippen LogP contribution is -2.51. The number of para-hydroxylation sites is 1. The number of fused-ring (bicyclic) bond motifs is 1. The van der Waals surface area contributed by atoms with Crippen molar-refractivity contribution in [3.05, 3.63) is 29.8 Å². The van der Waals surface area contributed by atoms with Crippen LogP contribution in [0.5, 0.6) is 0 Å². The van der Waals surface area contributed by atoms with Gasteiger partial charge in [-0.2, -0.15) is 0 Å². The number of likely N-dealkylation sites (tertiary alicyclic amines) is 1. The minimum atomic E-state index is -0.814. The number of hydrogen-bond donors (Lipinski definition) is 0. The molecule has 2 amide bonds. The van der Waals surface area contributed by atoms with Crippen molar-refractivity contribution >= 4 is 23.5 Å². The standard InChI is InChI=1S/C23H32N2O4/c1-6-17(26)15-23(5)18-9-7-8-10-19(18)25(20(23)27)16-11-13-24(14-12-16)21(28)29-22(2,3)4/h7-10,16H,6,11-15H2,1-5H3. The van der Waals surface area contributed by atoms with Crippen LogP contribution in [0.25, 0.3) is 0 Å². The first-order valence-corrected chi connectivity index (χ1v) is 10.5. The molecule has 3 rings (SSSR count). The molecule has 2 aliphatic rings. The number of ketones is 1. The lowest BCUT2D eigenvalue weighted by atomic mass is 9.79. The van der Waals surface area contributed by atoms with E-state index in [1.165, 1.54) is 0 Å². The number of hydrogen-bond acceptors (Lipinski definition) is 4. The van der Waals surface area contributed by atoms with Crippen LogP contribution in [0.4, 0.5) is 10.5 Å². The van der Waals surface area contributed by atoms with E-state index < -0.39 is 11.0 Å². The van der Waals surface area contributed by atoms with Crippen LogP contribution in [0.2, 0.25) is 0 Å². The van der Waals surface area contributed by atoms with Gasteiger partial charge < -0.3 is 14.5 Å². The summed E-state index contributed by atoms with van der Waals surface area (Å²) in [5.41, 5.74) is 0.498. The van der Waals surface area contributed by atoms with Crippen molar-refractivity contribution in [1.82, 2.24) is 4.90 Å². The van der Waals surface area contributed by atoms with Crippen molar-refractivity contribution in [2.45, 2.75) is 77.4 Å². The third-order valence-corrected chi connectivity index (χ3v) is 5.88. The van der Waals surface area contributed by atoms with Gasteiger partial charge in [-0.15, -0.1) is 0 Å². The zero-order chi connectivity index (χ0) is 21.4. The lowest BCUT2D eigenvalue weighted by molar-refractivity contribution is -0.128. The van der Waals surface area contributed by atoms with Gasteiger partial charge in [0.05, 0.1) is 5.41 Å². The van der Waals surface area contributed by atoms with E-state index in [9.17, 15) is 14.4 Å². The Morgan fingerprint density at radius 3 is 2.38 bits per heavy atom. The van der Waals surface area contributed by atoms with Gasteiger partial charge in [-0.05, 0) is 52.2 Å². The number of anilines is 1. The number of carbonyl (C=O) groups excluding carboxylic acids is 3. The fourth-order valence-electron chi connectivity index (χ4n) is 4.33. The Kier molecular flexibility index (Phi) is 5.74. The van der Waals surface area contributed by atoms with E-state index in [-0.39, 0.29) is 30.2 Å². The van der Waals surface area contributed by atoms with E-state index in [0.29, 0.717) is 32.4 Å². The number of amides is 2. The van der Waals surface area contributed by atoms with Crippen LogP contribution in [0, 0.1) is 0 Å². The predicted octanol–water partition coefficient (Wildman–Crippen LogP) is 4.06. The first-order valence-electron chi connectivity index (χ1n) is 10.5. The van der Waals surface area contributed by atoms with Crippen molar-refractivity contribution in [3.8, 4) is 0 Å². The summed E-state index contributed by atoms with van der Waals surface area (Å²) in [5.74, 6) is 0.0912. The fourth-order valence-corrected chi connectivity index (χ4v) is 4.33. The van der Waals surface area contributed by atoms with E-state index in [4.69, 9.17) is 4.74 Å². The van der Waals surface area contributed by atoms with Gasteiger partial charge in [-0.3, -0.25) is 9.59 Å². The SMILES string of the molecule is CCC(=O)CC1(C)C(=O)N(C2CCN(C(=O)OC(C)(C)C)CC2)c2ccccc21. The summed E-state index contributed by atoms with van der Waals surface area (Å²) in [6.45, 7) is 10.4. The second-order valence-electron chi connectivity index (χ2n) is 9.29. The molecule has 6 nitrogen and oxygen atoms in total. The molecule has 1 fully saturated rings. The Morgan fingerprint density at radius 1 is 1.17 bits per heavy atom. The zero-order valence-electron chi connectivity index (χ0n) is 18.2. The Labute approximate surface area is 173 Å². The van der Waals surface area contributed by atoms with Gasteiger partial charge in [-0.1, -0.05) is 25.1 Å². The molecule has 0 spiro atoms. The molecule has 0 aliphatic carbocycles. The highest BCUT2D eigenvalue weighted by atomic mass is 16.6. The molecule has 29 heavy (non-hydrogen) atoms. The Balaban J connectivity index is 1.78. The molecule has 1 aromatic carbocycles. The number of nitrogens with zero attached hydrogens (tertiary/aromatic N) is 2. The summed E-state index contributed by atoms with van der Waals surface area (Å²) < 4.78 is 5.47. The Morgan fingerprint density at radius 2 is 1.79 bits per heavy atom. The predicted molar refractivity (Wildman–Crippen MR) is 112 cm³/mol. The summed E-state index contributed by atoms with van der Waals surface area (Å²) in [7, 11) is 0. The average Bonchev–Trinajstić information content (AvgIpc) is 2.88. The van der Waals surface area contributed by atoms with Gasteiger partial charge in [0.1, 0.15) is 11.4 Å². The van der Waals surface area contributed by atoms with E-state index in [1.807, 2.05) is 63.8 Å². The monoisotopic (exact) mass is 400 g/mol. The van der Waals surface area contributed by atoms with Crippen LogP contribution in [0.1, 0.15) is 65.9 Å². The Bertz CT molecular complexity index is 805. The first kappa shape index (κ1) is 21.3. The number of ether oxygens (including phenoxy) is 1. The highest BCUT2D eigenvalue weighted by Gasteiger charge is 2.50. The summed E-state index contributed by atoms with van der Waals surface area (Å²) in [6, 6.07) is 7.81. The van der Waals surface area contributed by atoms with Crippen molar-refractivity contribution in [1.29, 1.82) is 0 Å². The van der Waals surface area contributed by atoms with Gasteiger partial charge >= 0.3 is 6.09 Å². The van der Waals surface area contributed by atoms with Gasteiger partial charge in [0.15, 0.2) is 0 Å². The van der Waals surface area contributed by atoms with Crippen LogP contribution in [-0.2, 0) is 19.7 Å². The average molecular weight is 401 g/mol. The molecule has 2 aliphatic heterocycles. The molecule has 2 heterocycles. The highest BCUT2D eigenvalue weighted by Crippen LogP contribution is 2.46. The van der Waals surface area contributed by atoms with Gasteiger partial charge in [-0.25, -0.2) is 4.79 Å². The highest BCUT2D eigenvalue weighted by molar-refractivity contribution is 6.10. The van der Waals surface area contributed by atoms with E-state index in [2.05, 4.69) is 0 Å². The molecule has 1 atom stereocenters. The fraction of sp³-hybridized carbons (Fsp3) is 0.609. The van der Waals surface area contributed by atoms with Gasteiger partial charge in [0, 0.05) is 37.7 Å². The molecule has 6 heteroatoms. The number of piperidine rings is 1. The second-order valence-corrected chi connectivity index (χ2v) is 9.29. The van der Waals surface area contributed by atoms with Gasteiger partial charge in [0.2, 0.25) is 5.91 Å². The van der Waals surface area contributed by atoms with Crippen molar-refractivity contribution in [2.75, 3.05) is 18.0 Å². The lowest BCUT2D eigenvalue weighted by Gasteiger charge is -2.38. The third kappa shape index (κ3) is 4.16. The van der Waals surface area contributed by atoms with E-state index >= 15 is 0 Å². The van der Waals surface area contributed by atoms with Crippen molar-refractivity contribution in [2.24, 2.45) is 0 Å². The molecule has 0 saturated carbocycles. The topological polar surface area (TPSA) is 66.9 Å². The van der Waals surface area contributed by atoms with Crippen LogP contribution in [-0.4, -0.2) is 47.4 Å². The Hall–Kier alpha value is -2.37. The van der Waals surface area contributed by atoms with Crippen LogP contribution < -0.4 is 4.90 Å². The molecule has 0 radical (unpaired) electrons.